The minimum atomic E-state index is -0.385. The summed E-state index contributed by atoms with van der Waals surface area (Å²) in [7, 11) is 0. The third-order valence-corrected chi connectivity index (χ3v) is 4.46. The largest absolute Gasteiger partial charge is 0.391 e. The van der Waals surface area contributed by atoms with Crippen LogP contribution in [0.4, 0.5) is 5.69 Å². The third-order valence-electron chi connectivity index (χ3n) is 4.46. The van der Waals surface area contributed by atoms with Gasteiger partial charge in [-0.1, -0.05) is 31.0 Å². The predicted molar refractivity (Wildman–Crippen MR) is 78.7 cm³/mol. The molecule has 1 aromatic carbocycles. The summed E-state index contributed by atoms with van der Waals surface area (Å²) < 4.78 is 0. The normalized spacial score (nSPS) is 29.1. The summed E-state index contributed by atoms with van der Waals surface area (Å²) in [6, 6.07) is 7.92. The molecule has 4 heteroatoms. The molecule has 1 amide bonds. The van der Waals surface area contributed by atoms with Crippen molar-refractivity contribution in [3.8, 4) is 0 Å². The Bertz CT molecular complexity index is 489. The van der Waals surface area contributed by atoms with Gasteiger partial charge in [-0.15, -0.1) is 0 Å². The molecule has 108 valence electrons. The standard InChI is InChI=1S/C16H22N2O2/c19-15-8-4-3-7-14(15)18-16(20)12-9-10-17-13-6-2-1-5-11(12)13/h1-2,5-6,12,14-15,17,19H,3-4,7-10H2,(H,18,20). The molecule has 3 atom stereocenters. The maximum atomic E-state index is 12.5. The molecule has 1 aliphatic heterocycles. The van der Waals surface area contributed by atoms with Gasteiger partial charge in [0, 0.05) is 12.2 Å². The van der Waals surface area contributed by atoms with E-state index in [-0.39, 0.29) is 24.0 Å². The lowest BCUT2D eigenvalue weighted by Gasteiger charge is -2.31. The number of hydrogen-bond donors (Lipinski definition) is 3. The number of rotatable bonds is 2. The average Bonchev–Trinajstić information content (AvgIpc) is 2.49. The summed E-state index contributed by atoms with van der Waals surface area (Å²) in [6.07, 6.45) is 4.26. The Balaban J connectivity index is 1.72. The molecule has 3 rings (SSSR count). The van der Waals surface area contributed by atoms with Gasteiger partial charge in [0.15, 0.2) is 0 Å². The molecule has 0 radical (unpaired) electrons. The molecule has 1 aliphatic carbocycles. The van der Waals surface area contributed by atoms with Crippen LogP contribution in [-0.4, -0.2) is 29.7 Å². The van der Waals surface area contributed by atoms with Crippen molar-refractivity contribution in [3.63, 3.8) is 0 Å². The number of nitrogens with one attached hydrogen (secondary N) is 2. The van der Waals surface area contributed by atoms with Crippen LogP contribution in [0.15, 0.2) is 24.3 Å². The van der Waals surface area contributed by atoms with Crippen molar-refractivity contribution in [1.29, 1.82) is 0 Å². The number of fused-ring (bicyclic) bond motifs is 1. The lowest BCUT2D eigenvalue weighted by Crippen LogP contribution is -2.47. The second-order valence-electron chi connectivity index (χ2n) is 5.82. The summed E-state index contributed by atoms with van der Waals surface area (Å²) >= 11 is 0. The second-order valence-corrected chi connectivity index (χ2v) is 5.82. The molecule has 20 heavy (non-hydrogen) atoms. The van der Waals surface area contributed by atoms with Crippen molar-refractivity contribution in [1.82, 2.24) is 5.32 Å². The number of carbonyl (C=O) groups is 1. The van der Waals surface area contributed by atoms with Crippen LogP contribution in [0.1, 0.15) is 43.6 Å². The van der Waals surface area contributed by atoms with E-state index in [1.165, 1.54) is 0 Å². The topological polar surface area (TPSA) is 61.4 Å². The van der Waals surface area contributed by atoms with Gasteiger partial charge >= 0.3 is 0 Å². The van der Waals surface area contributed by atoms with E-state index >= 15 is 0 Å². The highest BCUT2D eigenvalue weighted by Gasteiger charge is 2.30. The Labute approximate surface area is 119 Å². The number of hydrogen-bond acceptors (Lipinski definition) is 3. The van der Waals surface area contributed by atoms with Crippen LogP contribution < -0.4 is 10.6 Å². The number of benzene rings is 1. The van der Waals surface area contributed by atoms with Gasteiger partial charge in [-0.3, -0.25) is 4.79 Å². The first-order valence-corrected chi connectivity index (χ1v) is 7.57. The molecule has 1 aromatic rings. The monoisotopic (exact) mass is 274 g/mol. The first kappa shape index (κ1) is 13.4. The van der Waals surface area contributed by atoms with Gasteiger partial charge in [-0.2, -0.15) is 0 Å². The van der Waals surface area contributed by atoms with Crippen LogP contribution in [0.25, 0.3) is 0 Å². The van der Waals surface area contributed by atoms with Gasteiger partial charge in [0.1, 0.15) is 0 Å². The molecule has 3 N–H and O–H groups in total. The number of anilines is 1. The summed E-state index contributed by atoms with van der Waals surface area (Å²) in [4.78, 5) is 12.5. The van der Waals surface area contributed by atoms with Crippen molar-refractivity contribution in [2.24, 2.45) is 0 Å². The van der Waals surface area contributed by atoms with E-state index in [9.17, 15) is 9.90 Å². The minimum absolute atomic E-state index is 0.0601. The Morgan fingerprint density at radius 1 is 1.20 bits per heavy atom. The van der Waals surface area contributed by atoms with Crippen LogP contribution in [0, 0.1) is 0 Å². The fourth-order valence-corrected chi connectivity index (χ4v) is 3.30. The summed E-state index contributed by atoms with van der Waals surface area (Å²) in [5.74, 6) is -0.0357. The van der Waals surface area contributed by atoms with Gasteiger partial charge in [-0.25, -0.2) is 0 Å². The summed E-state index contributed by atoms with van der Waals surface area (Å²) in [6.45, 7) is 0.822. The van der Waals surface area contributed by atoms with Crippen molar-refractivity contribution < 1.29 is 9.90 Å². The molecule has 0 saturated heterocycles. The van der Waals surface area contributed by atoms with Gasteiger partial charge in [0.2, 0.25) is 5.91 Å². The molecule has 0 spiro atoms. The SMILES string of the molecule is O=C(NC1CCCCC1O)C1CCNc2ccccc21. The first-order chi connectivity index (χ1) is 9.75. The molecule has 0 bridgehead atoms. The third kappa shape index (κ3) is 2.66. The van der Waals surface area contributed by atoms with Gasteiger partial charge in [0.25, 0.3) is 0 Å². The average molecular weight is 274 g/mol. The Morgan fingerprint density at radius 2 is 2.00 bits per heavy atom. The lowest BCUT2D eigenvalue weighted by atomic mass is 9.88. The van der Waals surface area contributed by atoms with Gasteiger partial charge < -0.3 is 15.7 Å². The molecule has 4 nitrogen and oxygen atoms in total. The van der Waals surface area contributed by atoms with E-state index < -0.39 is 0 Å². The van der Waals surface area contributed by atoms with Crippen molar-refractivity contribution in [2.45, 2.75) is 50.2 Å². The Morgan fingerprint density at radius 3 is 2.85 bits per heavy atom. The number of aliphatic hydroxyl groups excluding tert-OH is 1. The molecular formula is C16H22N2O2. The van der Waals surface area contributed by atoms with Crippen LogP contribution in [-0.2, 0) is 4.79 Å². The Kier molecular flexibility index (Phi) is 3.92. The number of amides is 1. The van der Waals surface area contributed by atoms with E-state index in [0.717, 1.165) is 49.9 Å². The van der Waals surface area contributed by atoms with Crippen LogP contribution >= 0.6 is 0 Å². The zero-order valence-electron chi connectivity index (χ0n) is 11.6. The number of carbonyl (C=O) groups excluding carboxylic acids is 1. The first-order valence-electron chi connectivity index (χ1n) is 7.57. The van der Waals surface area contributed by atoms with Crippen molar-refractivity contribution in [3.05, 3.63) is 29.8 Å². The fraction of sp³-hybridized carbons (Fsp3) is 0.562. The number of para-hydroxylation sites is 1. The molecule has 1 heterocycles. The number of aliphatic hydroxyl groups is 1. The molecule has 2 aliphatic rings. The van der Waals surface area contributed by atoms with E-state index in [4.69, 9.17) is 0 Å². The summed E-state index contributed by atoms with van der Waals surface area (Å²) in [5.41, 5.74) is 2.13. The minimum Gasteiger partial charge on any atom is -0.391 e. The van der Waals surface area contributed by atoms with E-state index in [1.54, 1.807) is 0 Å². The lowest BCUT2D eigenvalue weighted by molar-refractivity contribution is -0.124. The predicted octanol–water partition coefficient (Wildman–Crippen LogP) is 2.01. The molecule has 1 saturated carbocycles. The van der Waals surface area contributed by atoms with Gasteiger partial charge in [0.05, 0.1) is 18.1 Å². The van der Waals surface area contributed by atoms with Crippen molar-refractivity contribution in [2.75, 3.05) is 11.9 Å². The highest BCUT2D eigenvalue weighted by molar-refractivity contribution is 5.86. The quantitative estimate of drug-likeness (QED) is 0.773. The van der Waals surface area contributed by atoms with E-state index in [2.05, 4.69) is 10.6 Å². The highest BCUT2D eigenvalue weighted by Crippen LogP contribution is 2.31. The van der Waals surface area contributed by atoms with E-state index in [1.807, 2.05) is 24.3 Å². The highest BCUT2D eigenvalue weighted by atomic mass is 16.3. The Hall–Kier alpha value is -1.55. The zero-order chi connectivity index (χ0) is 13.9. The summed E-state index contributed by atoms with van der Waals surface area (Å²) in [5, 5.41) is 16.4. The van der Waals surface area contributed by atoms with Crippen LogP contribution in [0.3, 0.4) is 0 Å². The molecular weight excluding hydrogens is 252 g/mol. The second kappa shape index (κ2) is 5.83. The molecule has 3 unspecified atom stereocenters. The van der Waals surface area contributed by atoms with E-state index in [0.29, 0.717) is 0 Å². The maximum absolute atomic E-state index is 12.5. The fourth-order valence-electron chi connectivity index (χ4n) is 3.30. The molecule has 1 fully saturated rings. The van der Waals surface area contributed by atoms with Crippen LogP contribution in [0.5, 0.6) is 0 Å². The molecule has 0 aromatic heterocycles. The van der Waals surface area contributed by atoms with Crippen LogP contribution in [0.2, 0.25) is 0 Å². The zero-order valence-corrected chi connectivity index (χ0v) is 11.6. The van der Waals surface area contributed by atoms with Gasteiger partial charge in [-0.05, 0) is 30.9 Å². The smallest absolute Gasteiger partial charge is 0.227 e. The maximum Gasteiger partial charge on any atom is 0.227 e. The van der Waals surface area contributed by atoms with Crippen molar-refractivity contribution >= 4 is 11.6 Å².